The summed E-state index contributed by atoms with van der Waals surface area (Å²) in [6.07, 6.45) is 1.08. The van der Waals surface area contributed by atoms with Crippen molar-refractivity contribution in [3.63, 3.8) is 0 Å². The van der Waals surface area contributed by atoms with Crippen molar-refractivity contribution in [1.29, 1.82) is 5.26 Å². The molecule has 1 N–H and O–H groups in total. The topological polar surface area (TPSA) is 97.4 Å². The number of hydrogen-bond donors (Lipinski definition) is 1. The molecule has 1 aliphatic rings. The number of nitriles is 1. The summed E-state index contributed by atoms with van der Waals surface area (Å²) in [4.78, 5) is 12.5. The van der Waals surface area contributed by atoms with Crippen molar-refractivity contribution >= 4 is 5.91 Å². The highest BCUT2D eigenvalue weighted by Crippen LogP contribution is 2.19. The van der Waals surface area contributed by atoms with Crippen molar-refractivity contribution in [1.82, 2.24) is 10.5 Å². The van der Waals surface area contributed by atoms with Gasteiger partial charge in [-0.15, -0.1) is 0 Å². The minimum atomic E-state index is -0.325. The molecule has 1 aliphatic heterocycles. The highest BCUT2D eigenvalue weighted by molar-refractivity contribution is 5.91. The summed E-state index contributed by atoms with van der Waals surface area (Å²) in [6.45, 7) is 5.09. The molecular formula is C20H23N3O4. The lowest BCUT2D eigenvalue weighted by Gasteiger charge is -2.32. The Balaban J connectivity index is 1.63. The molecule has 3 rings (SSSR count). The zero-order chi connectivity index (χ0) is 19.2. The Morgan fingerprint density at radius 2 is 2.19 bits per heavy atom. The molecule has 1 aromatic carbocycles. The van der Waals surface area contributed by atoms with Gasteiger partial charge in [-0.25, -0.2) is 0 Å². The number of ether oxygens (including phenoxy) is 2. The first-order valence-electron chi connectivity index (χ1n) is 9.06. The summed E-state index contributed by atoms with van der Waals surface area (Å²) < 4.78 is 16.6. The summed E-state index contributed by atoms with van der Waals surface area (Å²) in [6, 6.07) is 10.4. The van der Waals surface area contributed by atoms with Gasteiger partial charge in [0.05, 0.1) is 30.0 Å². The molecule has 2 heterocycles. The van der Waals surface area contributed by atoms with E-state index in [0.29, 0.717) is 36.9 Å². The van der Waals surface area contributed by atoms with Crippen LogP contribution in [0.3, 0.4) is 0 Å². The molecule has 0 saturated carbocycles. The molecule has 0 radical (unpaired) electrons. The predicted molar refractivity (Wildman–Crippen MR) is 97.3 cm³/mol. The van der Waals surface area contributed by atoms with Crippen molar-refractivity contribution in [2.75, 3.05) is 13.2 Å². The summed E-state index contributed by atoms with van der Waals surface area (Å²) in [7, 11) is 0. The van der Waals surface area contributed by atoms with E-state index in [1.165, 1.54) is 0 Å². The average Bonchev–Trinajstić information content (AvgIpc) is 3.12. The third kappa shape index (κ3) is 5.08. The van der Waals surface area contributed by atoms with Crippen molar-refractivity contribution in [3.05, 3.63) is 47.3 Å². The standard InChI is InChI=1S/C20H23N3O4/c1-13(2)9-15-10-18(27-23-15)20(24)22-17-7-8-25-12-19(17)26-16-5-3-14(11-21)4-6-16/h3-6,10,13,17,19H,7-9,12H2,1-2H3,(H,22,24). The van der Waals surface area contributed by atoms with Gasteiger partial charge in [-0.05, 0) is 43.0 Å². The van der Waals surface area contributed by atoms with Crippen LogP contribution in [-0.2, 0) is 11.2 Å². The van der Waals surface area contributed by atoms with E-state index >= 15 is 0 Å². The van der Waals surface area contributed by atoms with Crippen LogP contribution in [0.15, 0.2) is 34.9 Å². The van der Waals surface area contributed by atoms with Gasteiger partial charge in [0.2, 0.25) is 5.76 Å². The van der Waals surface area contributed by atoms with E-state index in [1.807, 2.05) is 0 Å². The molecule has 7 nitrogen and oxygen atoms in total. The molecule has 2 unspecified atom stereocenters. The van der Waals surface area contributed by atoms with Crippen molar-refractivity contribution < 1.29 is 18.8 Å². The van der Waals surface area contributed by atoms with Gasteiger partial charge < -0.3 is 19.3 Å². The molecule has 142 valence electrons. The number of carbonyl (C=O) groups is 1. The van der Waals surface area contributed by atoms with Crippen molar-refractivity contribution in [2.24, 2.45) is 5.92 Å². The van der Waals surface area contributed by atoms with Crippen LogP contribution in [0.1, 0.15) is 42.1 Å². The van der Waals surface area contributed by atoms with Crippen LogP contribution in [0, 0.1) is 17.2 Å². The predicted octanol–water partition coefficient (Wildman–Crippen LogP) is 2.71. The van der Waals surface area contributed by atoms with Crippen molar-refractivity contribution in [2.45, 2.75) is 38.8 Å². The summed E-state index contributed by atoms with van der Waals surface area (Å²) in [5.74, 6) is 0.960. The Kier molecular flexibility index (Phi) is 6.09. The molecule has 1 amide bonds. The lowest BCUT2D eigenvalue weighted by atomic mass is 10.1. The van der Waals surface area contributed by atoms with E-state index in [2.05, 4.69) is 30.4 Å². The molecule has 27 heavy (non-hydrogen) atoms. The second kappa shape index (κ2) is 8.69. The van der Waals surface area contributed by atoms with E-state index in [1.54, 1.807) is 30.3 Å². The first-order chi connectivity index (χ1) is 13.0. The number of amides is 1. The van der Waals surface area contributed by atoms with Gasteiger partial charge >= 0.3 is 0 Å². The van der Waals surface area contributed by atoms with Gasteiger partial charge in [0.1, 0.15) is 11.9 Å². The fourth-order valence-corrected chi connectivity index (χ4v) is 2.95. The SMILES string of the molecule is CC(C)Cc1cc(C(=O)NC2CCOCC2Oc2ccc(C#N)cc2)on1. The fraction of sp³-hybridized carbons (Fsp3) is 0.450. The Hall–Kier alpha value is -2.85. The lowest BCUT2D eigenvalue weighted by Crippen LogP contribution is -2.51. The summed E-state index contributed by atoms with van der Waals surface area (Å²) in [5, 5.41) is 15.8. The quantitative estimate of drug-likeness (QED) is 0.841. The molecule has 1 saturated heterocycles. The second-order valence-corrected chi connectivity index (χ2v) is 7.02. The van der Waals surface area contributed by atoms with Crippen LogP contribution in [0.5, 0.6) is 5.75 Å². The molecule has 0 aliphatic carbocycles. The van der Waals surface area contributed by atoms with E-state index in [0.717, 1.165) is 12.1 Å². The normalized spacial score (nSPS) is 19.5. The minimum absolute atomic E-state index is 0.203. The third-order valence-electron chi connectivity index (χ3n) is 4.29. The minimum Gasteiger partial charge on any atom is -0.486 e. The fourth-order valence-electron chi connectivity index (χ4n) is 2.95. The number of hydrogen-bond acceptors (Lipinski definition) is 6. The third-order valence-corrected chi connectivity index (χ3v) is 4.29. The van der Waals surface area contributed by atoms with Crippen LogP contribution < -0.4 is 10.1 Å². The smallest absolute Gasteiger partial charge is 0.290 e. The van der Waals surface area contributed by atoms with Crippen molar-refractivity contribution in [3.8, 4) is 11.8 Å². The van der Waals surface area contributed by atoms with E-state index in [9.17, 15) is 4.79 Å². The van der Waals surface area contributed by atoms with Crippen LogP contribution in [0.2, 0.25) is 0 Å². The maximum Gasteiger partial charge on any atom is 0.290 e. The first kappa shape index (κ1) is 18.9. The zero-order valence-electron chi connectivity index (χ0n) is 15.5. The van der Waals surface area contributed by atoms with Gasteiger partial charge in [0, 0.05) is 12.7 Å². The maximum absolute atomic E-state index is 12.5. The monoisotopic (exact) mass is 369 g/mol. The van der Waals surface area contributed by atoms with E-state index in [-0.39, 0.29) is 23.8 Å². The Labute approximate surface area is 158 Å². The highest BCUT2D eigenvalue weighted by atomic mass is 16.5. The number of nitrogens with one attached hydrogen (secondary N) is 1. The highest BCUT2D eigenvalue weighted by Gasteiger charge is 2.30. The molecule has 0 bridgehead atoms. The molecule has 2 aromatic rings. The van der Waals surface area contributed by atoms with Crippen LogP contribution in [-0.4, -0.2) is 36.4 Å². The van der Waals surface area contributed by atoms with E-state index in [4.69, 9.17) is 19.3 Å². The first-order valence-corrected chi connectivity index (χ1v) is 9.06. The number of aromatic nitrogens is 1. The summed E-state index contributed by atoms with van der Waals surface area (Å²) >= 11 is 0. The Bertz CT molecular complexity index is 807. The van der Waals surface area contributed by atoms with Crippen LogP contribution in [0.4, 0.5) is 0 Å². The lowest BCUT2D eigenvalue weighted by molar-refractivity contribution is -0.0137. The summed E-state index contributed by atoms with van der Waals surface area (Å²) in [5.41, 5.74) is 1.34. The van der Waals surface area contributed by atoms with Gasteiger partial charge in [-0.1, -0.05) is 19.0 Å². The van der Waals surface area contributed by atoms with Gasteiger partial charge in [0.15, 0.2) is 0 Å². The number of benzene rings is 1. The molecule has 2 atom stereocenters. The van der Waals surface area contributed by atoms with Gasteiger partial charge in [-0.2, -0.15) is 5.26 Å². The van der Waals surface area contributed by atoms with Crippen LogP contribution >= 0.6 is 0 Å². The number of rotatable bonds is 6. The van der Waals surface area contributed by atoms with Gasteiger partial charge in [-0.3, -0.25) is 4.79 Å². The zero-order valence-corrected chi connectivity index (χ0v) is 15.5. The second-order valence-electron chi connectivity index (χ2n) is 7.02. The Morgan fingerprint density at radius 1 is 1.41 bits per heavy atom. The molecule has 1 aromatic heterocycles. The Morgan fingerprint density at radius 3 is 2.89 bits per heavy atom. The average molecular weight is 369 g/mol. The van der Waals surface area contributed by atoms with Gasteiger partial charge in [0.25, 0.3) is 5.91 Å². The van der Waals surface area contributed by atoms with E-state index < -0.39 is 0 Å². The molecule has 0 spiro atoms. The van der Waals surface area contributed by atoms with Crippen LogP contribution in [0.25, 0.3) is 0 Å². The molecule has 7 heteroatoms. The molecule has 1 fully saturated rings. The largest absolute Gasteiger partial charge is 0.486 e. The maximum atomic E-state index is 12.5. The molecular weight excluding hydrogens is 346 g/mol. The number of carbonyl (C=O) groups excluding carboxylic acids is 1. The number of nitrogens with zero attached hydrogens (tertiary/aromatic N) is 2.